The molecule has 3 nitrogen and oxygen atoms in total. The Morgan fingerprint density at radius 1 is 2.00 bits per heavy atom. The Morgan fingerprint density at radius 3 is 2.43 bits per heavy atom. The van der Waals surface area contributed by atoms with Gasteiger partial charge in [0.2, 0.25) is 0 Å². The van der Waals surface area contributed by atoms with Crippen LogP contribution in [0.2, 0.25) is 0 Å². The van der Waals surface area contributed by atoms with E-state index >= 15 is 0 Å². The lowest BCUT2D eigenvalue weighted by molar-refractivity contribution is -0.139. The van der Waals surface area contributed by atoms with Crippen LogP contribution in [0.5, 0.6) is 0 Å². The van der Waals surface area contributed by atoms with Crippen LogP contribution >= 0.6 is 22.6 Å². The van der Waals surface area contributed by atoms with E-state index in [2.05, 4.69) is 4.74 Å². The Kier molecular flexibility index (Phi) is 3.27. The number of rotatable bonds is 1. The molecule has 0 aromatic rings. The van der Waals surface area contributed by atoms with Crippen LogP contribution < -0.4 is 5.73 Å². The van der Waals surface area contributed by atoms with Crippen LogP contribution in [0.4, 0.5) is 0 Å². The summed E-state index contributed by atoms with van der Waals surface area (Å²) in [5, 5.41) is 0. The summed E-state index contributed by atoms with van der Waals surface area (Å²) in [6.45, 7) is 0. The maximum atomic E-state index is 10.2. The minimum Gasteiger partial charge on any atom is -0.467 e. The van der Waals surface area contributed by atoms with Gasteiger partial charge in [-0.2, -0.15) is 0 Å². The number of carbonyl (C=O) groups is 1. The minimum absolute atomic E-state index is 0.388. The molecule has 0 bridgehead atoms. The van der Waals surface area contributed by atoms with Crippen molar-refractivity contribution in [3.8, 4) is 0 Å². The molecule has 0 aromatic heterocycles. The number of esters is 1. The largest absolute Gasteiger partial charge is 0.467 e. The SMILES string of the molecule is COC(=O)C(N)I. The van der Waals surface area contributed by atoms with Crippen molar-refractivity contribution in [2.75, 3.05) is 7.11 Å². The molecule has 0 saturated heterocycles. The summed E-state index contributed by atoms with van der Waals surface area (Å²) >= 11 is 1.77. The maximum absolute atomic E-state index is 10.2. The van der Waals surface area contributed by atoms with E-state index in [1.165, 1.54) is 7.11 Å². The van der Waals surface area contributed by atoms with Gasteiger partial charge in [-0.05, 0) is 0 Å². The van der Waals surface area contributed by atoms with E-state index in [9.17, 15) is 4.79 Å². The van der Waals surface area contributed by atoms with Gasteiger partial charge in [0, 0.05) is 0 Å². The molecule has 1 unspecified atom stereocenters. The van der Waals surface area contributed by atoms with Gasteiger partial charge in [-0.1, -0.05) is 22.6 Å². The maximum Gasteiger partial charge on any atom is 0.332 e. The van der Waals surface area contributed by atoms with Crippen LogP contribution in [0.3, 0.4) is 0 Å². The van der Waals surface area contributed by atoms with Crippen molar-refractivity contribution in [1.82, 2.24) is 0 Å². The first kappa shape index (κ1) is 7.16. The molecule has 7 heavy (non-hydrogen) atoms. The first-order valence-corrected chi connectivity index (χ1v) is 2.90. The van der Waals surface area contributed by atoms with E-state index in [4.69, 9.17) is 5.73 Å². The molecule has 0 heterocycles. The molecule has 2 N–H and O–H groups in total. The molecule has 0 aliphatic heterocycles. The zero-order valence-corrected chi connectivity index (χ0v) is 6.01. The van der Waals surface area contributed by atoms with E-state index in [0.717, 1.165) is 0 Å². The molecule has 0 aliphatic rings. The quantitative estimate of drug-likeness (QED) is 0.287. The van der Waals surface area contributed by atoms with Gasteiger partial charge in [0.25, 0.3) is 0 Å². The Balaban J connectivity index is 3.35. The molecule has 42 valence electrons. The van der Waals surface area contributed by atoms with Gasteiger partial charge < -0.3 is 10.5 Å². The molecule has 0 amide bonds. The van der Waals surface area contributed by atoms with Gasteiger partial charge >= 0.3 is 5.97 Å². The van der Waals surface area contributed by atoms with E-state index < -0.39 is 4.05 Å². The van der Waals surface area contributed by atoms with Gasteiger partial charge in [0.05, 0.1) is 7.11 Å². The highest BCUT2D eigenvalue weighted by molar-refractivity contribution is 14.1. The highest BCUT2D eigenvalue weighted by Gasteiger charge is 2.05. The van der Waals surface area contributed by atoms with Gasteiger partial charge in [-0.15, -0.1) is 0 Å². The van der Waals surface area contributed by atoms with Crippen molar-refractivity contribution >= 4 is 28.6 Å². The average molecular weight is 215 g/mol. The summed E-state index contributed by atoms with van der Waals surface area (Å²) in [5.74, 6) is -0.388. The van der Waals surface area contributed by atoms with E-state index in [1.54, 1.807) is 22.6 Å². The first-order chi connectivity index (χ1) is 3.18. The van der Waals surface area contributed by atoms with Crippen molar-refractivity contribution in [3.05, 3.63) is 0 Å². The molecular weight excluding hydrogens is 209 g/mol. The van der Waals surface area contributed by atoms with Crippen LogP contribution in [0.1, 0.15) is 0 Å². The summed E-state index contributed by atoms with van der Waals surface area (Å²) in [6, 6.07) is 0. The molecular formula is C3H6INO2. The molecule has 0 fully saturated rings. The molecule has 1 atom stereocenters. The summed E-state index contributed by atoms with van der Waals surface area (Å²) in [4.78, 5) is 10.2. The molecule has 0 aromatic carbocycles. The number of ether oxygens (including phenoxy) is 1. The molecule has 0 rings (SSSR count). The van der Waals surface area contributed by atoms with Crippen molar-refractivity contribution in [2.24, 2.45) is 5.73 Å². The zero-order chi connectivity index (χ0) is 5.86. The number of hydrogen-bond donors (Lipinski definition) is 1. The van der Waals surface area contributed by atoms with Crippen molar-refractivity contribution in [2.45, 2.75) is 4.05 Å². The standard InChI is InChI=1S/C3H6INO2/c1-7-3(6)2(4)5/h2H,5H2,1H3. The van der Waals surface area contributed by atoms with Gasteiger partial charge in [-0.3, -0.25) is 0 Å². The monoisotopic (exact) mass is 215 g/mol. The Labute approximate surface area is 55.3 Å². The number of methoxy groups -OCH3 is 1. The highest BCUT2D eigenvalue weighted by Crippen LogP contribution is 1.91. The fraction of sp³-hybridized carbons (Fsp3) is 0.667. The van der Waals surface area contributed by atoms with Gasteiger partial charge in [-0.25, -0.2) is 4.79 Å². The molecule has 0 spiro atoms. The van der Waals surface area contributed by atoms with Crippen LogP contribution in [0.15, 0.2) is 0 Å². The number of hydrogen-bond acceptors (Lipinski definition) is 3. The summed E-state index contributed by atoms with van der Waals surface area (Å²) in [7, 11) is 1.31. The Hall–Kier alpha value is 0.160. The minimum atomic E-state index is -0.525. The van der Waals surface area contributed by atoms with E-state index in [0.29, 0.717) is 0 Å². The third kappa shape index (κ3) is 2.81. The van der Waals surface area contributed by atoms with Crippen LogP contribution in [0, 0.1) is 0 Å². The van der Waals surface area contributed by atoms with E-state index in [-0.39, 0.29) is 5.97 Å². The van der Waals surface area contributed by atoms with Crippen molar-refractivity contribution < 1.29 is 9.53 Å². The third-order valence-electron chi connectivity index (χ3n) is 0.426. The lowest BCUT2D eigenvalue weighted by Crippen LogP contribution is -2.24. The molecule has 0 aliphatic carbocycles. The topological polar surface area (TPSA) is 52.3 Å². The lowest BCUT2D eigenvalue weighted by Gasteiger charge is -1.96. The molecule has 0 saturated carbocycles. The number of alkyl halides is 1. The fourth-order valence-electron chi connectivity index (χ4n) is 0.113. The summed E-state index contributed by atoms with van der Waals surface area (Å²) in [5.41, 5.74) is 5.06. The number of carbonyl (C=O) groups excluding carboxylic acids is 1. The van der Waals surface area contributed by atoms with Crippen LogP contribution in [-0.2, 0) is 9.53 Å². The van der Waals surface area contributed by atoms with Gasteiger partial charge in [0.1, 0.15) is 0 Å². The smallest absolute Gasteiger partial charge is 0.332 e. The van der Waals surface area contributed by atoms with Crippen LogP contribution in [0.25, 0.3) is 0 Å². The zero-order valence-electron chi connectivity index (χ0n) is 3.85. The Bertz CT molecular complexity index is 73.3. The summed E-state index contributed by atoms with van der Waals surface area (Å²) < 4.78 is 3.71. The Morgan fingerprint density at radius 2 is 2.43 bits per heavy atom. The molecule has 4 heteroatoms. The second-order valence-corrected chi connectivity index (χ2v) is 2.27. The second kappa shape index (κ2) is 3.20. The number of nitrogens with two attached hydrogens (primary N) is 1. The van der Waals surface area contributed by atoms with Crippen LogP contribution in [-0.4, -0.2) is 17.1 Å². The van der Waals surface area contributed by atoms with Crippen molar-refractivity contribution in [1.29, 1.82) is 0 Å². The first-order valence-electron chi connectivity index (χ1n) is 1.66. The van der Waals surface area contributed by atoms with Crippen molar-refractivity contribution in [3.63, 3.8) is 0 Å². The molecule has 0 radical (unpaired) electrons. The van der Waals surface area contributed by atoms with Gasteiger partial charge in [0.15, 0.2) is 4.05 Å². The summed E-state index contributed by atoms with van der Waals surface area (Å²) in [6.07, 6.45) is 0. The average Bonchev–Trinajstić information content (AvgIpc) is 1.65. The number of halogens is 1. The third-order valence-corrected chi connectivity index (χ3v) is 0.935. The van der Waals surface area contributed by atoms with E-state index in [1.807, 2.05) is 0 Å². The fourth-order valence-corrected chi connectivity index (χ4v) is 0.367. The second-order valence-electron chi connectivity index (χ2n) is 0.925. The highest BCUT2D eigenvalue weighted by atomic mass is 127. The normalized spacial score (nSPS) is 13.0. The lowest BCUT2D eigenvalue weighted by atomic mass is 10.7. The predicted molar refractivity (Wildman–Crippen MR) is 34.0 cm³/mol. The predicted octanol–water partition coefficient (Wildman–Crippen LogP) is -0.121.